The molecule has 2 aromatic rings. The van der Waals surface area contributed by atoms with E-state index in [4.69, 9.17) is 0 Å². The molecule has 0 radical (unpaired) electrons. The highest BCUT2D eigenvalue weighted by Crippen LogP contribution is 2.22. The van der Waals surface area contributed by atoms with E-state index in [0.717, 1.165) is 11.1 Å². The number of nitrogens with zero attached hydrogens (tertiary/aromatic N) is 1. The first-order valence-corrected chi connectivity index (χ1v) is 8.03. The van der Waals surface area contributed by atoms with E-state index in [0.29, 0.717) is 0 Å². The van der Waals surface area contributed by atoms with E-state index in [9.17, 15) is 4.79 Å². The number of rotatable bonds is 4. The first-order valence-electron chi connectivity index (χ1n) is 8.03. The molecule has 0 spiro atoms. The van der Waals surface area contributed by atoms with Gasteiger partial charge in [0.15, 0.2) is 0 Å². The van der Waals surface area contributed by atoms with Crippen LogP contribution < -0.4 is 5.43 Å². The van der Waals surface area contributed by atoms with Crippen molar-refractivity contribution in [2.24, 2.45) is 5.10 Å². The summed E-state index contributed by atoms with van der Waals surface area (Å²) in [5, 5.41) is 3.95. The van der Waals surface area contributed by atoms with Crippen LogP contribution in [-0.4, -0.2) is 12.1 Å². The minimum Gasteiger partial charge on any atom is -0.268 e. The monoisotopic (exact) mass is 320 g/mol. The highest BCUT2D eigenvalue weighted by Gasteiger charge is 2.12. The molecule has 24 heavy (non-hydrogen) atoms. The Hall–Kier alpha value is -2.68. The Morgan fingerprint density at radius 1 is 0.958 bits per heavy atom. The molecular formula is C21H24N2O. The van der Waals surface area contributed by atoms with Crippen molar-refractivity contribution in [3.05, 3.63) is 76.9 Å². The summed E-state index contributed by atoms with van der Waals surface area (Å²) in [4.78, 5) is 11.8. The molecule has 0 unspecified atom stereocenters. The molecule has 0 aliphatic rings. The third-order valence-corrected chi connectivity index (χ3v) is 3.67. The van der Waals surface area contributed by atoms with E-state index in [1.165, 1.54) is 17.2 Å². The van der Waals surface area contributed by atoms with Gasteiger partial charge in [0.1, 0.15) is 0 Å². The number of carbonyl (C=O) groups excluding carboxylic acids is 1. The van der Waals surface area contributed by atoms with Crippen LogP contribution in [-0.2, 0) is 10.2 Å². The van der Waals surface area contributed by atoms with Crippen molar-refractivity contribution in [1.82, 2.24) is 5.43 Å². The molecule has 3 heteroatoms. The summed E-state index contributed by atoms with van der Waals surface area (Å²) >= 11 is 0. The highest BCUT2D eigenvalue weighted by atomic mass is 16.2. The van der Waals surface area contributed by atoms with Gasteiger partial charge in [-0.25, -0.2) is 5.43 Å². The predicted molar refractivity (Wildman–Crippen MR) is 101 cm³/mol. The fraction of sp³-hybridized carbons (Fsp3) is 0.238. The lowest BCUT2D eigenvalue weighted by Gasteiger charge is -2.18. The molecule has 0 saturated heterocycles. The second kappa shape index (κ2) is 7.73. The summed E-state index contributed by atoms with van der Waals surface area (Å²) in [5.74, 6) is -0.252. The average Bonchev–Trinajstić information content (AvgIpc) is 2.54. The largest absolute Gasteiger partial charge is 0.268 e. The van der Waals surface area contributed by atoms with Crippen LogP contribution in [0.4, 0.5) is 0 Å². The Bertz CT molecular complexity index is 733. The average molecular weight is 320 g/mol. The number of aryl methyl sites for hydroxylation is 1. The normalized spacial score (nSPS) is 12.0. The molecule has 0 fully saturated rings. The minimum absolute atomic E-state index is 0.129. The van der Waals surface area contributed by atoms with Crippen LogP contribution in [0.25, 0.3) is 6.08 Å². The summed E-state index contributed by atoms with van der Waals surface area (Å²) in [7, 11) is 0. The highest BCUT2D eigenvalue weighted by molar-refractivity contribution is 5.92. The molecule has 0 saturated carbocycles. The van der Waals surface area contributed by atoms with Crippen molar-refractivity contribution in [1.29, 1.82) is 0 Å². The molecule has 2 aromatic carbocycles. The third kappa shape index (κ3) is 5.51. The molecule has 2 rings (SSSR count). The summed E-state index contributed by atoms with van der Waals surface area (Å²) in [6, 6.07) is 16.1. The Morgan fingerprint density at radius 2 is 1.54 bits per heavy atom. The van der Waals surface area contributed by atoms with Crippen molar-refractivity contribution in [3.63, 3.8) is 0 Å². The van der Waals surface area contributed by atoms with Crippen molar-refractivity contribution < 1.29 is 4.79 Å². The van der Waals surface area contributed by atoms with E-state index < -0.39 is 0 Å². The molecule has 0 heterocycles. The van der Waals surface area contributed by atoms with Crippen molar-refractivity contribution in [3.8, 4) is 0 Å². The van der Waals surface area contributed by atoms with Crippen molar-refractivity contribution >= 4 is 18.2 Å². The van der Waals surface area contributed by atoms with Gasteiger partial charge in [-0.2, -0.15) is 5.10 Å². The van der Waals surface area contributed by atoms with Gasteiger partial charge in [0.05, 0.1) is 6.21 Å². The van der Waals surface area contributed by atoms with E-state index in [1.807, 2.05) is 43.3 Å². The van der Waals surface area contributed by atoms with Gasteiger partial charge < -0.3 is 0 Å². The predicted octanol–water partition coefficient (Wildman–Crippen LogP) is 4.46. The standard InChI is InChI=1S/C21H24N2O/c1-16-5-7-18(8-6-16)15-22-23-20(24)14-11-17-9-12-19(13-10-17)21(2,3)4/h5-15H,1-4H3,(H,23,24)/b14-11+,22-15+. The Labute approximate surface area is 144 Å². The topological polar surface area (TPSA) is 41.5 Å². The van der Waals surface area contributed by atoms with Crippen LogP contribution in [0.5, 0.6) is 0 Å². The zero-order valence-electron chi connectivity index (χ0n) is 14.7. The fourth-order valence-electron chi connectivity index (χ4n) is 2.13. The molecule has 3 nitrogen and oxygen atoms in total. The second-order valence-corrected chi connectivity index (χ2v) is 6.85. The van der Waals surface area contributed by atoms with Gasteiger partial charge in [-0.05, 0) is 35.1 Å². The van der Waals surface area contributed by atoms with E-state index in [-0.39, 0.29) is 11.3 Å². The lowest BCUT2D eigenvalue weighted by atomic mass is 9.87. The van der Waals surface area contributed by atoms with Crippen LogP contribution in [0.2, 0.25) is 0 Å². The SMILES string of the molecule is Cc1ccc(/C=N/NC(=O)/C=C/c2ccc(C(C)(C)C)cc2)cc1. The molecule has 0 bridgehead atoms. The molecular weight excluding hydrogens is 296 g/mol. The van der Waals surface area contributed by atoms with Gasteiger partial charge in [-0.1, -0.05) is 74.9 Å². The van der Waals surface area contributed by atoms with Gasteiger partial charge >= 0.3 is 0 Å². The minimum atomic E-state index is -0.252. The molecule has 0 aliphatic carbocycles. The molecule has 0 aromatic heterocycles. The molecule has 1 amide bonds. The first kappa shape index (κ1) is 17.7. The number of hydrogen-bond acceptors (Lipinski definition) is 2. The summed E-state index contributed by atoms with van der Waals surface area (Å²) < 4.78 is 0. The van der Waals surface area contributed by atoms with Crippen LogP contribution >= 0.6 is 0 Å². The third-order valence-electron chi connectivity index (χ3n) is 3.67. The van der Waals surface area contributed by atoms with E-state index in [2.05, 4.69) is 43.4 Å². The van der Waals surface area contributed by atoms with Crippen molar-refractivity contribution in [2.75, 3.05) is 0 Å². The Balaban J connectivity index is 1.89. The maximum Gasteiger partial charge on any atom is 0.264 e. The maximum atomic E-state index is 11.8. The van der Waals surface area contributed by atoms with Gasteiger partial charge in [-0.15, -0.1) is 0 Å². The van der Waals surface area contributed by atoms with Crippen molar-refractivity contribution in [2.45, 2.75) is 33.1 Å². The number of hydrogen-bond donors (Lipinski definition) is 1. The van der Waals surface area contributed by atoms with E-state index in [1.54, 1.807) is 12.3 Å². The molecule has 1 N–H and O–H groups in total. The molecule has 0 aliphatic heterocycles. The number of benzene rings is 2. The molecule has 0 atom stereocenters. The van der Waals surface area contributed by atoms with Gasteiger partial charge in [0, 0.05) is 6.08 Å². The lowest BCUT2D eigenvalue weighted by Crippen LogP contribution is -2.14. The van der Waals surface area contributed by atoms with Gasteiger partial charge in [0.25, 0.3) is 5.91 Å². The lowest BCUT2D eigenvalue weighted by molar-refractivity contribution is -0.116. The zero-order valence-corrected chi connectivity index (χ0v) is 14.7. The smallest absolute Gasteiger partial charge is 0.264 e. The van der Waals surface area contributed by atoms with E-state index >= 15 is 0 Å². The fourth-order valence-corrected chi connectivity index (χ4v) is 2.13. The maximum absolute atomic E-state index is 11.8. The number of nitrogens with one attached hydrogen (secondary N) is 1. The van der Waals surface area contributed by atoms with Crippen LogP contribution in [0.1, 0.15) is 43.0 Å². The number of carbonyl (C=O) groups is 1. The molecule has 124 valence electrons. The van der Waals surface area contributed by atoms with Crippen LogP contribution in [0, 0.1) is 6.92 Å². The summed E-state index contributed by atoms with van der Waals surface area (Å²) in [5.41, 5.74) is 7.02. The Kier molecular flexibility index (Phi) is 5.69. The number of amides is 1. The quantitative estimate of drug-likeness (QED) is 0.504. The zero-order chi connectivity index (χ0) is 17.6. The van der Waals surface area contributed by atoms with Crippen LogP contribution in [0.15, 0.2) is 59.7 Å². The Morgan fingerprint density at radius 3 is 2.12 bits per heavy atom. The summed E-state index contributed by atoms with van der Waals surface area (Å²) in [6.07, 6.45) is 4.89. The van der Waals surface area contributed by atoms with Gasteiger partial charge in [-0.3, -0.25) is 4.79 Å². The van der Waals surface area contributed by atoms with Crippen LogP contribution in [0.3, 0.4) is 0 Å². The van der Waals surface area contributed by atoms with Gasteiger partial charge in [0.2, 0.25) is 0 Å². The summed E-state index contributed by atoms with van der Waals surface area (Å²) in [6.45, 7) is 8.56. The number of hydrazone groups is 1. The second-order valence-electron chi connectivity index (χ2n) is 6.85. The first-order chi connectivity index (χ1) is 11.3.